The van der Waals surface area contributed by atoms with Crippen LogP contribution in [0.2, 0.25) is 0 Å². The van der Waals surface area contributed by atoms with E-state index >= 15 is 0 Å². The van der Waals surface area contributed by atoms with Gasteiger partial charge in [-0.3, -0.25) is 9.78 Å². The fourth-order valence-corrected chi connectivity index (χ4v) is 1.08. The number of allylic oxidation sites excluding steroid dienone is 2. The summed E-state index contributed by atoms with van der Waals surface area (Å²) in [5, 5.41) is 9.44. The summed E-state index contributed by atoms with van der Waals surface area (Å²) in [6.45, 7) is 7.07. The molecule has 0 spiro atoms. The molecule has 3 nitrogen and oxygen atoms in total. The first kappa shape index (κ1) is 10.1. The minimum Gasteiger partial charge on any atom is -0.494 e. The molecule has 0 unspecified atom stereocenters. The summed E-state index contributed by atoms with van der Waals surface area (Å²) in [7, 11) is 0. The van der Waals surface area contributed by atoms with Gasteiger partial charge < -0.3 is 5.11 Å². The largest absolute Gasteiger partial charge is 0.494 e. The summed E-state index contributed by atoms with van der Waals surface area (Å²) in [5.74, 6) is -0.162. The zero-order valence-corrected chi connectivity index (χ0v) is 7.66. The van der Waals surface area contributed by atoms with Gasteiger partial charge in [-0.25, -0.2) is 0 Å². The van der Waals surface area contributed by atoms with Crippen LogP contribution >= 0.6 is 0 Å². The van der Waals surface area contributed by atoms with Gasteiger partial charge >= 0.3 is 0 Å². The van der Waals surface area contributed by atoms with E-state index in [0.29, 0.717) is 11.1 Å². The molecular weight excluding hydrogens is 178 g/mol. The van der Waals surface area contributed by atoms with Crippen LogP contribution in [0.4, 0.5) is 0 Å². The third kappa shape index (κ3) is 2.01. The Morgan fingerprint density at radius 3 is 2.71 bits per heavy atom. The number of hydrogen-bond donors (Lipinski definition) is 2. The first-order valence-corrected chi connectivity index (χ1v) is 4.07. The van der Waals surface area contributed by atoms with Crippen molar-refractivity contribution in [2.75, 3.05) is 0 Å². The monoisotopic (exact) mass is 189 g/mol. The number of hydrogen-bond acceptors (Lipinski definition) is 2. The van der Waals surface area contributed by atoms with Crippen molar-refractivity contribution in [3.8, 4) is 5.88 Å². The zero-order chi connectivity index (χ0) is 10.6. The Bertz CT molecular complexity index is 441. The average molecular weight is 189 g/mol. The molecular formula is C11H11NO2. The Morgan fingerprint density at radius 2 is 2.14 bits per heavy atom. The van der Waals surface area contributed by atoms with Gasteiger partial charge in [0.1, 0.15) is 0 Å². The van der Waals surface area contributed by atoms with Crippen LogP contribution in [0.5, 0.6) is 5.88 Å². The number of nitrogens with one attached hydrogen (secondary N) is 1. The molecule has 1 rings (SSSR count). The van der Waals surface area contributed by atoms with Gasteiger partial charge in [0.25, 0.3) is 5.56 Å². The smallest absolute Gasteiger partial charge is 0.251 e. The van der Waals surface area contributed by atoms with Crippen molar-refractivity contribution in [1.82, 2.24) is 4.98 Å². The van der Waals surface area contributed by atoms with Gasteiger partial charge in [-0.2, -0.15) is 0 Å². The van der Waals surface area contributed by atoms with Crippen LogP contribution in [-0.2, 0) is 0 Å². The van der Waals surface area contributed by atoms with E-state index < -0.39 is 0 Å². The van der Waals surface area contributed by atoms with Gasteiger partial charge in [0.15, 0.2) is 5.88 Å². The number of aromatic hydroxyl groups is 1. The van der Waals surface area contributed by atoms with E-state index in [4.69, 9.17) is 0 Å². The molecule has 0 saturated heterocycles. The molecule has 1 aromatic heterocycles. The first-order valence-electron chi connectivity index (χ1n) is 4.07. The van der Waals surface area contributed by atoms with Crippen molar-refractivity contribution >= 4 is 12.2 Å². The van der Waals surface area contributed by atoms with E-state index in [0.717, 1.165) is 0 Å². The van der Waals surface area contributed by atoms with Crippen molar-refractivity contribution in [3.63, 3.8) is 0 Å². The molecule has 2 N–H and O–H groups in total. The number of H-pyrrole nitrogens is 1. The second-order valence-corrected chi connectivity index (χ2v) is 2.65. The predicted octanol–water partition coefficient (Wildman–Crippen LogP) is 1.92. The highest BCUT2D eigenvalue weighted by Crippen LogP contribution is 2.18. The molecule has 0 aliphatic carbocycles. The third-order valence-corrected chi connectivity index (χ3v) is 1.71. The summed E-state index contributed by atoms with van der Waals surface area (Å²) in [4.78, 5) is 13.3. The Labute approximate surface area is 81.7 Å². The highest BCUT2D eigenvalue weighted by atomic mass is 16.3. The van der Waals surface area contributed by atoms with Crippen molar-refractivity contribution in [2.45, 2.75) is 0 Å². The number of rotatable bonds is 3. The summed E-state index contributed by atoms with van der Waals surface area (Å²) in [6.07, 6.45) is 6.41. The lowest BCUT2D eigenvalue weighted by molar-refractivity contribution is 0.450. The normalized spacial score (nSPS) is 10.3. The van der Waals surface area contributed by atoms with E-state index in [9.17, 15) is 9.90 Å². The minimum atomic E-state index is -0.354. The van der Waals surface area contributed by atoms with Gasteiger partial charge in [0.05, 0.1) is 0 Å². The molecule has 3 heteroatoms. The zero-order valence-electron chi connectivity index (χ0n) is 7.66. The molecule has 1 aromatic rings. The van der Waals surface area contributed by atoms with Crippen LogP contribution in [0.3, 0.4) is 0 Å². The van der Waals surface area contributed by atoms with E-state index in [1.54, 1.807) is 18.2 Å². The fraction of sp³-hybridized carbons (Fsp3) is 0. The Kier molecular flexibility index (Phi) is 3.07. The van der Waals surface area contributed by atoms with Crippen molar-refractivity contribution in [1.29, 1.82) is 0 Å². The van der Waals surface area contributed by atoms with Crippen LogP contribution < -0.4 is 5.56 Å². The SMILES string of the molecule is C=C/C=C\c1c(C=C)cc(=O)[nH]c1O. The second-order valence-electron chi connectivity index (χ2n) is 2.65. The van der Waals surface area contributed by atoms with Gasteiger partial charge in [-0.15, -0.1) is 0 Å². The Balaban J connectivity index is 3.39. The van der Waals surface area contributed by atoms with Gasteiger partial charge in [-0.1, -0.05) is 31.4 Å². The summed E-state index contributed by atoms with van der Waals surface area (Å²) in [6, 6.07) is 1.37. The van der Waals surface area contributed by atoms with E-state index in [1.807, 2.05) is 0 Å². The number of aromatic amines is 1. The van der Waals surface area contributed by atoms with Gasteiger partial charge in [-0.05, 0) is 11.6 Å². The highest BCUT2D eigenvalue weighted by molar-refractivity contribution is 5.67. The number of pyridine rings is 1. The standard InChI is InChI=1S/C11H11NO2/c1-3-5-6-9-8(4-2)7-10(13)12-11(9)14/h3-7H,1-2H2,(H2,12,13,14)/b6-5-. The van der Waals surface area contributed by atoms with Crippen LogP contribution in [-0.4, -0.2) is 10.1 Å². The second kappa shape index (κ2) is 4.28. The fourth-order valence-electron chi connectivity index (χ4n) is 1.08. The van der Waals surface area contributed by atoms with Crippen LogP contribution in [0.1, 0.15) is 11.1 Å². The van der Waals surface area contributed by atoms with Crippen molar-refractivity contribution < 1.29 is 5.11 Å². The molecule has 0 radical (unpaired) electrons. The molecule has 0 saturated carbocycles. The molecule has 0 amide bonds. The summed E-state index contributed by atoms with van der Waals surface area (Å²) >= 11 is 0. The molecule has 0 fully saturated rings. The molecule has 72 valence electrons. The maximum absolute atomic E-state index is 11.0. The van der Waals surface area contributed by atoms with Crippen molar-refractivity contribution in [2.24, 2.45) is 0 Å². The quantitative estimate of drug-likeness (QED) is 0.714. The molecule has 0 atom stereocenters. The first-order chi connectivity index (χ1) is 6.69. The topological polar surface area (TPSA) is 53.1 Å². The van der Waals surface area contributed by atoms with Gasteiger partial charge in [0, 0.05) is 11.6 Å². The number of aromatic nitrogens is 1. The van der Waals surface area contributed by atoms with E-state index in [1.165, 1.54) is 12.1 Å². The predicted molar refractivity (Wildman–Crippen MR) is 58.0 cm³/mol. The third-order valence-electron chi connectivity index (χ3n) is 1.71. The summed E-state index contributed by atoms with van der Waals surface area (Å²) < 4.78 is 0. The Hall–Kier alpha value is -2.03. The highest BCUT2D eigenvalue weighted by Gasteiger charge is 2.03. The maximum atomic E-state index is 11.0. The summed E-state index contributed by atoms with van der Waals surface area (Å²) in [5.41, 5.74) is 0.761. The lowest BCUT2D eigenvalue weighted by Gasteiger charge is -2.02. The molecule has 0 aliphatic heterocycles. The average Bonchev–Trinajstić information content (AvgIpc) is 2.15. The van der Waals surface area contributed by atoms with Crippen molar-refractivity contribution in [3.05, 3.63) is 52.9 Å². The molecule has 1 heterocycles. The Morgan fingerprint density at radius 1 is 1.43 bits per heavy atom. The molecule has 0 aliphatic rings. The van der Waals surface area contributed by atoms with Gasteiger partial charge in [0.2, 0.25) is 0 Å². The molecule has 0 bridgehead atoms. The van der Waals surface area contributed by atoms with Crippen LogP contribution in [0.25, 0.3) is 12.2 Å². The van der Waals surface area contributed by atoms with Crippen LogP contribution in [0.15, 0.2) is 36.2 Å². The minimum absolute atomic E-state index is 0.162. The molecule has 14 heavy (non-hydrogen) atoms. The van der Waals surface area contributed by atoms with E-state index in [2.05, 4.69) is 18.1 Å². The van der Waals surface area contributed by atoms with E-state index in [-0.39, 0.29) is 11.4 Å². The lowest BCUT2D eigenvalue weighted by atomic mass is 10.1. The van der Waals surface area contributed by atoms with Crippen LogP contribution in [0, 0.1) is 0 Å². The maximum Gasteiger partial charge on any atom is 0.251 e. The molecule has 0 aromatic carbocycles. The lowest BCUT2D eigenvalue weighted by Crippen LogP contribution is -2.05.